The molecule has 1 aromatic carbocycles. The van der Waals surface area contributed by atoms with Crippen LogP contribution in [0, 0.1) is 6.92 Å². The van der Waals surface area contributed by atoms with Gasteiger partial charge in [-0.1, -0.05) is 18.2 Å². The van der Waals surface area contributed by atoms with Crippen molar-refractivity contribution >= 4 is 23.5 Å². The van der Waals surface area contributed by atoms with Gasteiger partial charge in [0.25, 0.3) is 0 Å². The van der Waals surface area contributed by atoms with E-state index in [4.69, 9.17) is 9.47 Å². The molecule has 1 aliphatic rings. The summed E-state index contributed by atoms with van der Waals surface area (Å²) in [5.41, 5.74) is 0.359. The molecule has 0 fully saturated rings. The number of para-hydroxylation sites is 1. The fourth-order valence-electron chi connectivity index (χ4n) is 3.22. The molecule has 2 rings (SSSR count). The molecule has 0 spiro atoms. The molecule has 6 nitrogen and oxygen atoms in total. The Balaban J connectivity index is 2.71. The Labute approximate surface area is 141 Å². The van der Waals surface area contributed by atoms with Crippen LogP contribution in [0.25, 0.3) is 0 Å². The highest BCUT2D eigenvalue weighted by Gasteiger charge is 2.54. The summed E-state index contributed by atoms with van der Waals surface area (Å²) in [5.74, 6) is -1.39. The molecule has 0 radical (unpaired) electrons. The van der Waals surface area contributed by atoms with Gasteiger partial charge in [0.2, 0.25) is 5.91 Å². The molecule has 0 unspecified atom stereocenters. The number of amides is 1. The van der Waals surface area contributed by atoms with Gasteiger partial charge < -0.3 is 14.4 Å². The highest BCUT2D eigenvalue weighted by Crippen LogP contribution is 2.43. The number of nitrogens with zero attached hydrogens (tertiary/aromatic N) is 1. The van der Waals surface area contributed by atoms with Crippen molar-refractivity contribution in [3.8, 4) is 0 Å². The second-order valence-electron chi connectivity index (χ2n) is 5.74. The molecule has 1 amide bonds. The summed E-state index contributed by atoms with van der Waals surface area (Å²) in [7, 11) is 0. The first-order chi connectivity index (χ1) is 11.4. The monoisotopic (exact) mass is 333 g/mol. The lowest BCUT2D eigenvalue weighted by atomic mass is 9.73. The zero-order valence-corrected chi connectivity index (χ0v) is 14.5. The van der Waals surface area contributed by atoms with Crippen LogP contribution in [-0.2, 0) is 29.3 Å². The number of carbonyl (C=O) groups excluding carboxylic acids is 3. The van der Waals surface area contributed by atoms with Crippen LogP contribution in [-0.4, -0.2) is 37.6 Å². The zero-order chi connectivity index (χ0) is 17.9. The van der Waals surface area contributed by atoms with Gasteiger partial charge in [-0.05, 0) is 32.8 Å². The summed E-state index contributed by atoms with van der Waals surface area (Å²) in [6.07, 6.45) is 0.140. The van der Waals surface area contributed by atoms with Crippen molar-refractivity contribution in [3.63, 3.8) is 0 Å². The molecule has 24 heavy (non-hydrogen) atoms. The number of aryl methyl sites for hydroxylation is 1. The topological polar surface area (TPSA) is 72.9 Å². The highest BCUT2D eigenvalue weighted by atomic mass is 16.6. The molecule has 1 heterocycles. The number of anilines is 1. The Bertz CT molecular complexity index is 649. The van der Waals surface area contributed by atoms with Crippen LogP contribution in [0.2, 0.25) is 0 Å². The number of esters is 2. The highest BCUT2D eigenvalue weighted by molar-refractivity contribution is 6.10. The molecule has 0 atom stereocenters. The van der Waals surface area contributed by atoms with E-state index in [9.17, 15) is 14.4 Å². The lowest BCUT2D eigenvalue weighted by molar-refractivity contribution is -0.165. The number of hydrogen-bond acceptors (Lipinski definition) is 5. The Morgan fingerprint density at radius 3 is 2.21 bits per heavy atom. The molecule has 1 aromatic rings. The van der Waals surface area contributed by atoms with Gasteiger partial charge in [-0.25, -0.2) is 0 Å². The van der Waals surface area contributed by atoms with E-state index in [1.165, 1.54) is 6.92 Å². The van der Waals surface area contributed by atoms with Crippen LogP contribution in [0.4, 0.5) is 5.69 Å². The van der Waals surface area contributed by atoms with Crippen molar-refractivity contribution < 1.29 is 23.9 Å². The minimum absolute atomic E-state index is 0.133. The summed E-state index contributed by atoms with van der Waals surface area (Å²) in [6.45, 7) is 7.29. The van der Waals surface area contributed by atoms with E-state index in [0.717, 1.165) is 5.56 Å². The fourth-order valence-corrected chi connectivity index (χ4v) is 3.22. The lowest BCUT2D eigenvalue weighted by Crippen LogP contribution is -2.53. The fraction of sp³-hybridized carbons (Fsp3) is 0.500. The number of carbonyl (C=O) groups is 3. The summed E-state index contributed by atoms with van der Waals surface area (Å²) in [5, 5.41) is 0. The van der Waals surface area contributed by atoms with Gasteiger partial charge in [0, 0.05) is 19.0 Å². The third-order valence-corrected chi connectivity index (χ3v) is 4.31. The van der Waals surface area contributed by atoms with E-state index < -0.39 is 17.4 Å². The van der Waals surface area contributed by atoms with Crippen molar-refractivity contribution in [2.45, 2.75) is 39.5 Å². The van der Waals surface area contributed by atoms with E-state index in [-0.39, 0.29) is 32.1 Å². The number of ether oxygens (including phenoxy) is 2. The predicted molar refractivity (Wildman–Crippen MR) is 88.8 cm³/mol. The van der Waals surface area contributed by atoms with Gasteiger partial charge in [0.15, 0.2) is 5.41 Å². The van der Waals surface area contributed by atoms with Gasteiger partial charge >= 0.3 is 11.9 Å². The quantitative estimate of drug-likeness (QED) is 0.623. The smallest absolute Gasteiger partial charge is 0.328 e. The van der Waals surface area contributed by atoms with Gasteiger partial charge in [-0.3, -0.25) is 14.4 Å². The van der Waals surface area contributed by atoms with Crippen LogP contribution in [0.5, 0.6) is 0 Å². The van der Waals surface area contributed by atoms with Crippen molar-refractivity contribution in [1.82, 2.24) is 0 Å². The average Bonchev–Trinajstić information content (AvgIpc) is 2.54. The normalized spacial score (nSPS) is 15.4. The molecule has 0 N–H and O–H groups in total. The second kappa shape index (κ2) is 7.03. The Morgan fingerprint density at radius 1 is 1.12 bits per heavy atom. The average molecular weight is 333 g/mol. The number of rotatable bonds is 4. The number of benzene rings is 1. The van der Waals surface area contributed by atoms with Crippen molar-refractivity contribution in [3.05, 3.63) is 29.3 Å². The maximum Gasteiger partial charge on any atom is 0.328 e. The maximum atomic E-state index is 12.8. The van der Waals surface area contributed by atoms with Crippen molar-refractivity contribution in [1.29, 1.82) is 0 Å². The molecule has 130 valence electrons. The molecule has 6 heteroatoms. The zero-order valence-electron chi connectivity index (χ0n) is 14.5. The molecule has 0 aliphatic carbocycles. The van der Waals surface area contributed by atoms with Gasteiger partial charge in [0.05, 0.1) is 18.9 Å². The first-order valence-electron chi connectivity index (χ1n) is 8.12. The maximum absolute atomic E-state index is 12.8. The standard InChI is InChI=1S/C18H23NO5/c1-5-23-16(21)18(17(22)24-6-2)10-11-19(13(4)20)15-12(3)8-7-9-14(15)18/h7-9H,5-6,10-11H2,1-4H3. The second-order valence-corrected chi connectivity index (χ2v) is 5.74. The molecule has 0 bridgehead atoms. The number of fused-ring (bicyclic) bond motifs is 1. The SMILES string of the molecule is CCOC(=O)C1(C(=O)OCC)CCN(C(C)=O)c2c(C)cccc21. The first kappa shape index (κ1) is 18.0. The van der Waals surface area contributed by atoms with E-state index in [1.54, 1.807) is 30.9 Å². The summed E-state index contributed by atoms with van der Waals surface area (Å²) < 4.78 is 10.4. The van der Waals surface area contributed by atoms with Crippen LogP contribution < -0.4 is 4.90 Å². The number of hydrogen-bond donors (Lipinski definition) is 0. The Morgan fingerprint density at radius 2 is 1.71 bits per heavy atom. The van der Waals surface area contributed by atoms with Crippen LogP contribution in [0.1, 0.15) is 38.3 Å². The minimum Gasteiger partial charge on any atom is -0.465 e. The van der Waals surface area contributed by atoms with Gasteiger partial charge in [-0.15, -0.1) is 0 Å². The summed E-state index contributed by atoms with van der Waals surface area (Å²) in [4.78, 5) is 39.1. The summed E-state index contributed by atoms with van der Waals surface area (Å²) >= 11 is 0. The molecule has 0 saturated carbocycles. The Hall–Kier alpha value is -2.37. The molecular formula is C18H23NO5. The minimum atomic E-state index is -1.53. The third kappa shape index (κ3) is 2.77. The predicted octanol–water partition coefficient (Wildman–Crippen LogP) is 2.12. The van der Waals surface area contributed by atoms with Crippen LogP contribution in [0.3, 0.4) is 0 Å². The van der Waals surface area contributed by atoms with Crippen molar-refractivity contribution in [2.24, 2.45) is 0 Å². The van der Waals surface area contributed by atoms with E-state index in [0.29, 0.717) is 11.3 Å². The third-order valence-electron chi connectivity index (χ3n) is 4.31. The molecule has 0 aromatic heterocycles. The van der Waals surface area contributed by atoms with E-state index >= 15 is 0 Å². The van der Waals surface area contributed by atoms with E-state index in [1.807, 2.05) is 13.0 Å². The summed E-state index contributed by atoms with van der Waals surface area (Å²) in [6, 6.07) is 5.32. The van der Waals surface area contributed by atoms with E-state index in [2.05, 4.69) is 0 Å². The van der Waals surface area contributed by atoms with Crippen molar-refractivity contribution in [2.75, 3.05) is 24.7 Å². The largest absolute Gasteiger partial charge is 0.465 e. The van der Waals surface area contributed by atoms with Crippen LogP contribution >= 0.6 is 0 Å². The van der Waals surface area contributed by atoms with Gasteiger partial charge in [0.1, 0.15) is 0 Å². The molecule has 1 aliphatic heterocycles. The molecular weight excluding hydrogens is 310 g/mol. The Kier molecular flexibility index (Phi) is 5.26. The molecule has 0 saturated heterocycles. The van der Waals surface area contributed by atoms with Crippen LogP contribution in [0.15, 0.2) is 18.2 Å². The first-order valence-corrected chi connectivity index (χ1v) is 8.12. The van der Waals surface area contributed by atoms with Gasteiger partial charge in [-0.2, -0.15) is 0 Å². The lowest BCUT2D eigenvalue weighted by Gasteiger charge is -2.40.